The molecule has 0 bridgehead atoms. The average molecular weight is 207 g/mol. The number of rotatable bonds is 2. The Morgan fingerprint density at radius 2 is 1.93 bits per heavy atom. The van der Waals surface area contributed by atoms with Gasteiger partial charge in [0.05, 0.1) is 6.07 Å². The van der Waals surface area contributed by atoms with Gasteiger partial charge in [0.2, 0.25) is 0 Å². The molecule has 0 aliphatic heterocycles. The van der Waals surface area contributed by atoms with Gasteiger partial charge in [0.25, 0.3) is 0 Å². The van der Waals surface area contributed by atoms with Crippen LogP contribution in [0.3, 0.4) is 0 Å². The molecule has 0 radical (unpaired) electrons. The van der Waals surface area contributed by atoms with E-state index in [0.29, 0.717) is 5.41 Å². The number of nitrogens with zero attached hydrogens (tertiary/aromatic N) is 1. The minimum Gasteiger partial charge on any atom is -0.198 e. The van der Waals surface area contributed by atoms with Gasteiger partial charge < -0.3 is 0 Å². The Hall–Kier alpha value is -0.510. The molecule has 1 heteroatoms. The van der Waals surface area contributed by atoms with Crippen LogP contribution in [0.15, 0.2) is 0 Å². The smallest absolute Gasteiger partial charge is 0.0621 e. The van der Waals surface area contributed by atoms with Crippen molar-refractivity contribution in [2.24, 2.45) is 23.2 Å². The molecule has 15 heavy (non-hydrogen) atoms. The van der Waals surface area contributed by atoms with Crippen molar-refractivity contribution in [3.63, 3.8) is 0 Å². The molecule has 0 aromatic heterocycles. The van der Waals surface area contributed by atoms with Crippen LogP contribution in [0.5, 0.6) is 0 Å². The molecule has 0 saturated heterocycles. The van der Waals surface area contributed by atoms with Crippen molar-refractivity contribution in [3.8, 4) is 6.07 Å². The molecule has 0 heterocycles. The van der Waals surface area contributed by atoms with E-state index >= 15 is 0 Å². The third kappa shape index (κ3) is 3.52. The summed E-state index contributed by atoms with van der Waals surface area (Å²) in [6.07, 6.45) is 5.93. The molecular formula is C14H25N. The standard InChI is InChI=1S/C14H25N/c1-11-10-13(14(2,3)4)8-7-12(11)6-5-9-15/h11-13H,5-8,10H2,1-4H3/t11-,12-,13-/m1/s1. The van der Waals surface area contributed by atoms with Crippen molar-refractivity contribution in [1.82, 2.24) is 0 Å². The maximum absolute atomic E-state index is 8.61. The van der Waals surface area contributed by atoms with Crippen LogP contribution < -0.4 is 0 Å². The first kappa shape index (κ1) is 12.6. The van der Waals surface area contributed by atoms with E-state index in [4.69, 9.17) is 5.26 Å². The fraction of sp³-hybridized carbons (Fsp3) is 0.929. The van der Waals surface area contributed by atoms with Crippen molar-refractivity contribution >= 4 is 0 Å². The van der Waals surface area contributed by atoms with Gasteiger partial charge in [0.15, 0.2) is 0 Å². The lowest BCUT2D eigenvalue weighted by molar-refractivity contribution is 0.103. The van der Waals surface area contributed by atoms with Gasteiger partial charge in [0.1, 0.15) is 0 Å². The van der Waals surface area contributed by atoms with Crippen LogP contribution in [0, 0.1) is 34.5 Å². The molecule has 0 aromatic rings. The molecular weight excluding hydrogens is 182 g/mol. The fourth-order valence-corrected chi connectivity index (χ4v) is 2.92. The molecule has 0 amide bonds. The van der Waals surface area contributed by atoms with E-state index in [1.54, 1.807) is 0 Å². The number of nitriles is 1. The second-order valence-electron chi connectivity index (χ2n) is 6.31. The second-order valence-corrected chi connectivity index (χ2v) is 6.31. The molecule has 1 saturated carbocycles. The van der Waals surface area contributed by atoms with Gasteiger partial charge >= 0.3 is 0 Å². The van der Waals surface area contributed by atoms with Crippen LogP contribution in [0.1, 0.15) is 59.8 Å². The molecule has 86 valence electrons. The first-order valence-electron chi connectivity index (χ1n) is 6.32. The number of hydrogen-bond acceptors (Lipinski definition) is 1. The quantitative estimate of drug-likeness (QED) is 0.659. The van der Waals surface area contributed by atoms with E-state index in [1.165, 1.54) is 19.3 Å². The fourth-order valence-electron chi connectivity index (χ4n) is 2.92. The highest BCUT2D eigenvalue weighted by atomic mass is 14.4. The maximum atomic E-state index is 8.61. The van der Waals surface area contributed by atoms with Gasteiger partial charge in [-0.25, -0.2) is 0 Å². The van der Waals surface area contributed by atoms with Gasteiger partial charge in [-0.2, -0.15) is 5.26 Å². The molecule has 3 atom stereocenters. The van der Waals surface area contributed by atoms with E-state index in [-0.39, 0.29) is 0 Å². The van der Waals surface area contributed by atoms with Gasteiger partial charge in [-0.05, 0) is 48.9 Å². The van der Waals surface area contributed by atoms with Crippen LogP contribution in [0.4, 0.5) is 0 Å². The van der Waals surface area contributed by atoms with E-state index < -0.39 is 0 Å². The maximum Gasteiger partial charge on any atom is 0.0621 e. The molecule has 0 unspecified atom stereocenters. The highest BCUT2D eigenvalue weighted by Gasteiger charge is 2.33. The minimum absolute atomic E-state index is 0.467. The Morgan fingerprint density at radius 3 is 2.40 bits per heavy atom. The van der Waals surface area contributed by atoms with E-state index in [0.717, 1.165) is 30.6 Å². The Labute approximate surface area is 94.9 Å². The highest BCUT2D eigenvalue weighted by molar-refractivity contribution is 4.85. The minimum atomic E-state index is 0.467. The van der Waals surface area contributed by atoms with Gasteiger partial charge in [0, 0.05) is 6.42 Å². The van der Waals surface area contributed by atoms with Crippen LogP contribution in [0.25, 0.3) is 0 Å². The highest BCUT2D eigenvalue weighted by Crippen LogP contribution is 2.43. The predicted molar refractivity (Wildman–Crippen MR) is 64.3 cm³/mol. The van der Waals surface area contributed by atoms with Crippen molar-refractivity contribution < 1.29 is 0 Å². The van der Waals surface area contributed by atoms with Crippen LogP contribution in [-0.2, 0) is 0 Å². The van der Waals surface area contributed by atoms with E-state index in [2.05, 4.69) is 33.8 Å². The molecule has 1 fully saturated rings. The topological polar surface area (TPSA) is 23.8 Å². The Morgan fingerprint density at radius 1 is 1.27 bits per heavy atom. The Balaban J connectivity index is 2.45. The molecule has 0 spiro atoms. The Bertz CT molecular complexity index is 231. The van der Waals surface area contributed by atoms with Gasteiger partial charge in [-0.3, -0.25) is 0 Å². The summed E-state index contributed by atoms with van der Waals surface area (Å²) >= 11 is 0. The van der Waals surface area contributed by atoms with Crippen molar-refractivity contribution in [3.05, 3.63) is 0 Å². The summed E-state index contributed by atoms with van der Waals surface area (Å²) in [6, 6.07) is 2.28. The molecule has 1 aliphatic carbocycles. The third-order valence-corrected chi connectivity index (χ3v) is 4.20. The zero-order valence-corrected chi connectivity index (χ0v) is 10.7. The third-order valence-electron chi connectivity index (χ3n) is 4.20. The molecule has 0 N–H and O–H groups in total. The summed E-state index contributed by atoms with van der Waals surface area (Å²) in [5.74, 6) is 2.51. The molecule has 0 aromatic carbocycles. The summed E-state index contributed by atoms with van der Waals surface area (Å²) in [4.78, 5) is 0. The van der Waals surface area contributed by atoms with Crippen molar-refractivity contribution in [2.45, 2.75) is 59.8 Å². The number of hydrogen-bond donors (Lipinski definition) is 0. The lowest BCUT2D eigenvalue weighted by atomic mass is 9.65. The Kier molecular flexibility index (Phi) is 4.20. The van der Waals surface area contributed by atoms with E-state index in [1.807, 2.05) is 0 Å². The summed E-state index contributed by atoms with van der Waals surface area (Å²) < 4.78 is 0. The second kappa shape index (κ2) is 5.01. The molecule has 1 rings (SSSR count). The average Bonchev–Trinajstić information content (AvgIpc) is 2.14. The lowest BCUT2D eigenvalue weighted by Crippen LogP contribution is -2.30. The summed E-state index contributed by atoms with van der Waals surface area (Å²) in [5.41, 5.74) is 0.467. The van der Waals surface area contributed by atoms with Gasteiger partial charge in [-0.15, -0.1) is 0 Å². The van der Waals surface area contributed by atoms with Crippen molar-refractivity contribution in [1.29, 1.82) is 5.26 Å². The zero-order chi connectivity index (χ0) is 11.5. The van der Waals surface area contributed by atoms with Crippen molar-refractivity contribution in [2.75, 3.05) is 0 Å². The monoisotopic (exact) mass is 207 g/mol. The summed E-state index contributed by atoms with van der Waals surface area (Å²) in [7, 11) is 0. The van der Waals surface area contributed by atoms with E-state index in [9.17, 15) is 0 Å². The predicted octanol–water partition coefficient (Wildman–Crippen LogP) is 4.39. The first-order chi connectivity index (χ1) is 6.95. The first-order valence-corrected chi connectivity index (χ1v) is 6.32. The van der Waals surface area contributed by atoms with Crippen LogP contribution >= 0.6 is 0 Å². The largest absolute Gasteiger partial charge is 0.198 e. The SMILES string of the molecule is C[C@@H]1C[C@H](C(C)(C)C)CC[C@H]1CCC#N. The summed E-state index contributed by atoms with van der Waals surface area (Å²) in [5, 5.41) is 8.61. The molecule has 1 aliphatic rings. The van der Waals surface area contributed by atoms with Crippen LogP contribution in [-0.4, -0.2) is 0 Å². The van der Waals surface area contributed by atoms with Gasteiger partial charge in [-0.1, -0.05) is 27.7 Å². The lowest BCUT2D eigenvalue weighted by Gasteiger charge is -2.40. The summed E-state index contributed by atoms with van der Waals surface area (Å²) in [6.45, 7) is 9.46. The normalized spacial score (nSPS) is 32.3. The zero-order valence-electron chi connectivity index (χ0n) is 10.7. The molecule has 1 nitrogen and oxygen atoms in total. The van der Waals surface area contributed by atoms with Crippen LogP contribution in [0.2, 0.25) is 0 Å².